The third-order valence-electron chi connectivity index (χ3n) is 1.28. The summed E-state index contributed by atoms with van der Waals surface area (Å²) in [5, 5.41) is 17.2. The van der Waals surface area contributed by atoms with Crippen LogP contribution in [0.3, 0.4) is 0 Å². The number of halogens is 1. The van der Waals surface area contributed by atoms with Crippen molar-refractivity contribution in [2.45, 2.75) is 0 Å². The molecule has 76 valence electrons. The second kappa shape index (κ2) is 4.01. The second-order valence-electron chi connectivity index (χ2n) is 2.34. The number of aromatic amines is 1. The fourth-order valence-electron chi connectivity index (χ4n) is 0.722. The molecule has 7 heteroatoms. The quantitative estimate of drug-likeness (QED) is 0.674. The lowest BCUT2D eigenvalue weighted by Gasteiger charge is -2.04. The Kier molecular flexibility index (Phi) is 2.98. The van der Waals surface area contributed by atoms with Gasteiger partial charge in [0.05, 0.1) is 0 Å². The minimum Gasteiger partial charge on any atom is -0.503 e. The topological polar surface area (TPSA) is 99.6 Å². The molecule has 0 unspecified atom stereocenters. The lowest BCUT2D eigenvalue weighted by atomic mass is 10.4. The highest BCUT2D eigenvalue weighted by molar-refractivity contribution is 6.30. The van der Waals surface area contributed by atoms with Gasteiger partial charge < -0.3 is 14.9 Å². The zero-order valence-corrected chi connectivity index (χ0v) is 7.54. The number of carboxylic acid groups (broad SMARTS) is 1. The maximum absolute atomic E-state index is 10.9. The van der Waals surface area contributed by atoms with Gasteiger partial charge in [-0.25, -0.2) is 4.79 Å². The van der Waals surface area contributed by atoms with E-state index in [4.69, 9.17) is 21.8 Å². The van der Waals surface area contributed by atoms with Crippen LogP contribution in [-0.2, 0) is 4.79 Å². The summed E-state index contributed by atoms with van der Waals surface area (Å²) in [7, 11) is 0. The highest BCUT2D eigenvalue weighted by Crippen LogP contribution is 2.22. The molecule has 0 saturated carbocycles. The number of pyridine rings is 1. The van der Waals surface area contributed by atoms with Crippen LogP contribution in [0.1, 0.15) is 0 Å². The lowest BCUT2D eigenvalue weighted by Crippen LogP contribution is -2.14. The van der Waals surface area contributed by atoms with Crippen molar-refractivity contribution < 1.29 is 19.7 Å². The Labute approximate surface area is 82.7 Å². The monoisotopic (exact) mass is 219 g/mol. The number of aliphatic carboxylic acids is 1. The Hall–Kier alpha value is -1.69. The SMILES string of the molecule is O=C(O)COc1[nH]c(=O)c(Cl)cc1O. The number of hydrogen-bond donors (Lipinski definition) is 3. The molecule has 14 heavy (non-hydrogen) atoms. The molecule has 0 aliphatic rings. The average Bonchev–Trinajstić information content (AvgIpc) is 2.09. The number of hydrogen-bond acceptors (Lipinski definition) is 4. The van der Waals surface area contributed by atoms with Gasteiger partial charge in [0.1, 0.15) is 5.02 Å². The molecule has 1 aromatic rings. The zero-order valence-electron chi connectivity index (χ0n) is 6.78. The Morgan fingerprint density at radius 3 is 2.86 bits per heavy atom. The average molecular weight is 220 g/mol. The van der Waals surface area contributed by atoms with E-state index < -0.39 is 23.9 Å². The molecule has 1 rings (SSSR count). The second-order valence-corrected chi connectivity index (χ2v) is 2.75. The van der Waals surface area contributed by atoms with Crippen molar-refractivity contribution in [3.8, 4) is 11.6 Å². The van der Waals surface area contributed by atoms with Crippen LogP contribution in [0, 0.1) is 0 Å². The van der Waals surface area contributed by atoms with Crippen molar-refractivity contribution >= 4 is 17.6 Å². The highest BCUT2D eigenvalue weighted by Gasteiger charge is 2.08. The maximum Gasteiger partial charge on any atom is 0.341 e. The smallest absolute Gasteiger partial charge is 0.341 e. The molecular formula is C7H6ClNO5. The van der Waals surface area contributed by atoms with E-state index in [2.05, 4.69) is 9.72 Å². The summed E-state index contributed by atoms with van der Waals surface area (Å²) < 4.78 is 4.57. The molecule has 1 aromatic heterocycles. The molecule has 0 fully saturated rings. The van der Waals surface area contributed by atoms with Crippen molar-refractivity contribution in [2.24, 2.45) is 0 Å². The number of carboxylic acids is 1. The van der Waals surface area contributed by atoms with Gasteiger partial charge in [-0.1, -0.05) is 11.6 Å². The molecule has 0 spiro atoms. The lowest BCUT2D eigenvalue weighted by molar-refractivity contribution is -0.139. The van der Waals surface area contributed by atoms with E-state index in [1.807, 2.05) is 0 Å². The van der Waals surface area contributed by atoms with Gasteiger partial charge in [-0.15, -0.1) is 0 Å². The molecule has 0 aliphatic heterocycles. The van der Waals surface area contributed by atoms with Gasteiger partial charge in [-0.05, 0) is 0 Å². The third-order valence-corrected chi connectivity index (χ3v) is 1.56. The summed E-state index contributed by atoms with van der Waals surface area (Å²) in [6, 6.07) is 0.970. The first-order chi connectivity index (χ1) is 6.50. The molecule has 6 nitrogen and oxygen atoms in total. The zero-order chi connectivity index (χ0) is 10.7. The van der Waals surface area contributed by atoms with E-state index in [0.29, 0.717) is 0 Å². The summed E-state index contributed by atoms with van der Waals surface area (Å²) in [6.45, 7) is -0.662. The summed E-state index contributed by atoms with van der Waals surface area (Å²) >= 11 is 5.37. The van der Waals surface area contributed by atoms with Crippen molar-refractivity contribution in [3.05, 3.63) is 21.4 Å². The number of H-pyrrole nitrogens is 1. The maximum atomic E-state index is 10.9. The van der Waals surface area contributed by atoms with Crippen molar-refractivity contribution in [1.82, 2.24) is 4.98 Å². The Morgan fingerprint density at radius 2 is 2.29 bits per heavy atom. The van der Waals surface area contributed by atoms with E-state index in [-0.39, 0.29) is 10.9 Å². The van der Waals surface area contributed by atoms with Crippen LogP contribution in [0.5, 0.6) is 11.6 Å². The molecule has 3 N–H and O–H groups in total. The first-order valence-corrected chi connectivity index (χ1v) is 3.85. The number of aromatic nitrogens is 1. The molecule has 0 atom stereocenters. The first-order valence-electron chi connectivity index (χ1n) is 3.47. The van der Waals surface area contributed by atoms with Gasteiger partial charge in [0.2, 0.25) is 5.88 Å². The van der Waals surface area contributed by atoms with Crippen LogP contribution in [-0.4, -0.2) is 27.8 Å². The highest BCUT2D eigenvalue weighted by atomic mass is 35.5. The standard InChI is InChI=1S/C7H6ClNO5/c8-3-1-4(10)7(9-6(3)13)14-2-5(11)12/h1,10H,2H2,(H,9,13)(H,11,12). The van der Waals surface area contributed by atoms with Gasteiger partial charge in [0, 0.05) is 6.07 Å². The summed E-state index contributed by atoms with van der Waals surface area (Å²) in [6.07, 6.45) is 0. The number of rotatable bonds is 3. The van der Waals surface area contributed by atoms with Crippen LogP contribution in [0.15, 0.2) is 10.9 Å². The largest absolute Gasteiger partial charge is 0.503 e. The van der Waals surface area contributed by atoms with Crippen LogP contribution >= 0.6 is 11.6 Å². The number of ether oxygens (including phenoxy) is 1. The Bertz CT molecular complexity index is 413. The number of nitrogens with one attached hydrogen (secondary N) is 1. The van der Waals surface area contributed by atoms with Crippen molar-refractivity contribution in [2.75, 3.05) is 6.61 Å². The van der Waals surface area contributed by atoms with Crippen LogP contribution in [0.4, 0.5) is 0 Å². The number of carbonyl (C=O) groups is 1. The van der Waals surface area contributed by atoms with Crippen LogP contribution in [0.25, 0.3) is 0 Å². The minimum atomic E-state index is -1.22. The molecule has 0 amide bonds. The van der Waals surface area contributed by atoms with E-state index in [1.54, 1.807) is 0 Å². The fourth-order valence-corrected chi connectivity index (χ4v) is 0.873. The van der Waals surface area contributed by atoms with Gasteiger partial charge in [-0.2, -0.15) is 0 Å². The molecule has 0 saturated heterocycles. The fraction of sp³-hybridized carbons (Fsp3) is 0.143. The predicted molar refractivity (Wildman–Crippen MR) is 46.9 cm³/mol. The van der Waals surface area contributed by atoms with Gasteiger partial charge in [-0.3, -0.25) is 9.78 Å². The van der Waals surface area contributed by atoms with E-state index >= 15 is 0 Å². The molecule has 0 radical (unpaired) electrons. The molecule has 0 bridgehead atoms. The summed E-state index contributed by atoms with van der Waals surface area (Å²) in [4.78, 5) is 23.1. The molecule has 0 aliphatic carbocycles. The van der Waals surface area contributed by atoms with Crippen molar-refractivity contribution in [1.29, 1.82) is 0 Å². The van der Waals surface area contributed by atoms with Crippen molar-refractivity contribution in [3.63, 3.8) is 0 Å². The summed E-state index contributed by atoms with van der Waals surface area (Å²) in [5.41, 5.74) is -0.662. The Morgan fingerprint density at radius 1 is 1.64 bits per heavy atom. The molecule has 0 aromatic carbocycles. The van der Waals surface area contributed by atoms with E-state index in [0.717, 1.165) is 6.07 Å². The van der Waals surface area contributed by atoms with E-state index in [1.165, 1.54) is 0 Å². The molecular weight excluding hydrogens is 214 g/mol. The van der Waals surface area contributed by atoms with Gasteiger partial charge in [0.15, 0.2) is 12.4 Å². The number of aromatic hydroxyl groups is 1. The molecule has 1 heterocycles. The third kappa shape index (κ3) is 2.40. The summed E-state index contributed by atoms with van der Waals surface area (Å²) in [5.74, 6) is -1.96. The predicted octanol–water partition coefficient (Wildman–Crippen LogP) is 0.197. The van der Waals surface area contributed by atoms with Gasteiger partial charge >= 0.3 is 5.97 Å². The van der Waals surface area contributed by atoms with Crippen LogP contribution < -0.4 is 10.3 Å². The van der Waals surface area contributed by atoms with Gasteiger partial charge in [0.25, 0.3) is 5.56 Å². The minimum absolute atomic E-state index is 0.204. The van der Waals surface area contributed by atoms with E-state index in [9.17, 15) is 9.59 Å². The Balaban J connectivity index is 2.93. The first kappa shape index (κ1) is 10.4. The normalized spacial score (nSPS) is 9.79. The van der Waals surface area contributed by atoms with Crippen LogP contribution in [0.2, 0.25) is 5.02 Å².